The molecule has 2 aromatic rings. The fourth-order valence-corrected chi connectivity index (χ4v) is 2.45. The number of nitrogens with zero attached hydrogens (tertiary/aromatic N) is 1. The average molecular weight is 351 g/mol. The van der Waals surface area contributed by atoms with E-state index in [0.29, 0.717) is 0 Å². The van der Waals surface area contributed by atoms with Gasteiger partial charge in [-0.05, 0) is 46.1 Å². The Labute approximate surface area is 131 Å². The van der Waals surface area contributed by atoms with Crippen molar-refractivity contribution in [3.8, 4) is 5.75 Å². The lowest BCUT2D eigenvalue weighted by atomic mass is 10.1. The van der Waals surface area contributed by atoms with Crippen LogP contribution in [0.3, 0.4) is 0 Å². The van der Waals surface area contributed by atoms with E-state index in [-0.39, 0.29) is 5.69 Å². The number of benzene rings is 2. The Morgan fingerprint density at radius 1 is 1.24 bits per heavy atom. The Morgan fingerprint density at radius 2 is 1.95 bits per heavy atom. The molecule has 0 saturated heterocycles. The molecule has 2 aromatic carbocycles. The van der Waals surface area contributed by atoms with Gasteiger partial charge in [0, 0.05) is 24.4 Å². The molecule has 110 valence electrons. The lowest BCUT2D eigenvalue weighted by molar-refractivity contribution is -0.384. The Bertz CT molecular complexity index is 629. The molecule has 0 atom stereocenters. The van der Waals surface area contributed by atoms with E-state index < -0.39 is 4.92 Å². The van der Waals surface area contributed by atoms with Crippen LogP contribution in [-0.4, -0.2) is 18.6 Å². The van der Waals surface area contributed by atoms with Crippen LogP contribution in [0.4, 0.5) is 11.4 Å². The van der Waals surface area contributed by atoms with Crippen molar-refractivity contribution in [1.82, 2.24) is 0 Å². The van der Waals surface area contributed by atoms with Crippen molar-refractivity contribution >= 4 is 27.3 Å². The number of nitro groups is 1. The van der Waals surface area contributed by atoms with Gasteiger partial charge >= 0.3 is 0 Å². The van der Waals surface area contributed by atoms with Crippen LogP contribution in [0.2, 0.25) is 0 Å². The molecule has 0 unspecified atom stereocenters. The third-order valence-electron chi connectivity index (χ3n) is 3.04. The summed E-state index contributed by atoms with van der Waals surface area (Å²) in [5.74, 6) is 0.788. The number of hydrogen-bond acceptors (Lipinski definition) is 4. The first kappa shape index (κ1) is 15.3. The lowest BCUT2D eigenvalue weighted by Crippen LogP contribution is -2.05. The molecule has 5 nitrogen and oxygen atoms in total. The second-order valence-corrected chi connectivity index (χ2v) is 5.30. The van der Waals surface area contributed by atoms with Gasteiger partial charge in [-0.3, -0.25) is 10.1 Å². The van der Waals surface area contributed by atoms with Crippen LogP contribution in [0, 0.1) is 10.1 Å². The maximum atomic E-state index is 10.6. The van der Waals surface area contributed by atoms with E-state index in [0.717, 1.165) is 34.4 Å². The monoisotopic (exact) mass is 350 g/mol. The van der Waals surface area contributed by atoms with E-state index in [1.165, 1.54) is 12.1 Å². The highest BCUT2D eigenvalue weighted by Gasteiger charge is 2.04. The molecule has 0 fully saturated rings. The minimum atomic E-state index is -0.392. The molecule has 1 N–H and O–H groups in total. The quantitative estimate of drug-likeness (QED) is 0.631. The number of anilines is 1. The molecule has 0 aliphatic rings. The maximum Gasteiger partial charge on any atom is 0.269 e. The van der Waals surface area contributed by atoms with Gasteiger partial charge < -0.3 is 10.1 Å². The molecule has 21 heavy (non-hydrogen) atoms. The first-order valence-corrected chi connectivity index (χ1v) is 7.20. The van der Waals surface area contributed by atoms with Crippen LogP contribution in [0.25, 0.3) is 0 Å². The predicted octanol–water partition coefficient (Wildman–Crippen LogP) is 4.02. The SMILES string of the molecule is COc1ccc(NCCc2ccc([N+](=O)[O-])cc2)cc1Br. The van der Waals surface area contributed by atoms with E-state index in [9.17, 15) is 10.1 Å². The molecule has 6 heteroatoms. The number of nitro benzene ring substituents is 1. The molecule has 0 saturated carbocycles. The molecule has 0 aliphatic heterocycles. The van der Waals surface area contributed by atoms with Crippen LogP contribution < -0.4 is 10.1 Å². The van der Waals surface area contributed by atoms with Crippen molar-refractivity contribution in [2.45, 2.75) is 6.42 Å². The predicted molar refractivity (Wildman–Crippen MR) is 86.0 cm³/mol. The van der Waals surface area contributed by atoms with Crippen molar-refractivity contribution in [3.05, 3.63) is 62.6 Å². The van der Waals surface area contributed by atoms with Gasteiger partial charge in [0.15, 0.2) is 0 Å². The second-order valence-electron chi connectivity index (χ2n) is 4.45. The summed E-state index contributed by atoms with van der Waals surface area (Å²) in [6, 6.07) is 12.4. The summed E-state index contributed by atoms with van der Waals surface area (Å²) in [4.78, 5) is 10.2. The van der Waals surface area contributed by atoms with Crippen molar-refractivity contribution < 1.29 is 9.66 Å². The Hall–Kier alpha value is -2.08. The Balaban J connectivity index is 1.89. The summed E-state index contributed by atoms with van der Waals surface area (Å²) >= 11 is 3.44. The summed E-state index contributed by atoms with van der Waals surface area (Å²) < 4.78 is 6.07. The molecule has 0 aliphatic carbocycles. The minimum absolute atomic E-state index is 0.116. The van der Waals surface area contributed by atoms with Crippen molar-refractivity contribution in [2.24, 2.45) is 0 Å². The highest BCUT2D eigenvalue weighted by Crippen LogP contribution is 2.27. The molecule has 2 rings (SSSR count). The third kappa shape index (κ3) is 4.19. The second kappa shape index (κ2) is 7.08. The molecule has 0 amide bonds. The largest absolute Gasteiger partial charge is 0.496 e. The van der Waals surface area contributed by atoms with Crippen molar-refractivity contribution in [2.75, 3.05) is 19.0 Å². The summed E-state index contributed by atoms with van der Waals surface area (Å²) in [6.07, 6.45) is 0.793. The summed E-state index contributed by atoms with van der Waals surface area (Å²) in [7, 11) is 1.63. The number of nitrogens with one attached hydrogen (secondary N) is 1. The molecule has 0 heterocycles. The minimum Gasteiger partial charge on any atom is -0.496 e. The van der Waals surface area contributed by atoms with E-state index >= 15 is 0 Å². The molecule has 0 aromatic heterocycles. The van der Waals surface area contributed by atoms with E-state index in [1.807, 2.05) is 18.2 Å². The molecule has 0 radical (unpaired) electrons. The lowest BCUT2D eigenvalue weighted by Gasteiger charge is -2.09. The van der Waals surface area contributed by atoms with Crippen molar-refractivity contribution in [1.29, 1.82) is 0 Å². The zero-order valence-corrected chi connectivity index (χ0v) is 13.1. The van der Waals surface area contributed by atoms with Crippen molar-refractivity contribution in [3.63, 3.8) is 0 Å². The molecular weight excluding hydrogens is 336 g/mol. The third-order valence-corrected chi connectivity index (χ3v) is 3.66. The summed E-state index contributed by atoms with van der Waals surface area (Å²) in [6.45, 7) is 0.747. The summed E-state index contributed by atoms with van der Waals surface area (Å²) in [5.41, 5.74) is 2.16. The van der Waals surface area contributed by atoms with Gasteiger partial charge in [0.25, 0.3) is 5.69 Å². The Morgan fingerprint density at radius 3 is 2.52 bits per heavy atom. The zero-order valence-electron chi connectivity index (χ0n) is 11.5. The average Bonchev–Trinajstić information content (AvgIpc) is 2.48. The van der Waals surface area contributed by atoms with Crippen LogP contribution >= 0.6 is 15.9 Å². The molecular formula is C15H15BrN2O3. The van der Waals surface area contributed by atoms with Gasteiger partial charge in [-0.1, -0.05) is 12.1 Å². The van der Waals surface area contributed by atoms with Gasteiger partial charge in [-0.15, -0.1) is 0 Å². The van der Waals surface area contributed by atoms with Gasteiger partial charge in [0.1, 0.15) is 5.75 Å². The van der Waals surface area contributed by atoms with Gasteiger partial charge in [0.2, 0.25) is 0 Å². The standard InChI is InChI=1S/C15H15BrN2O3/c1-21-15-7-4-12(10-14(15)16)17-9-8-11-2-5-13(6-3-11)18(19)20/h2-7,10,17H,8-9H2,1H3. The fourth-order valence-electron chi connectivity index (χ4n) is 1.91. The first-order chi connectivity index (χ1) is 10.1. The number of halogens is 1. The van der Waals surface area contributed by atoms with Gasteiger partial charge in [0.05, 0.1) is 16.5 Å². The molecule has 0 bridgehead atoms. The topological polar surface area (TPSA) is 64.4 Å². The normalized spacial score (nSPS) is 10.2. The number of ether oxygens (including phenoxy) is 1. The highest BCUT2D eigenvalue weighted by atomic mass is 79.9. The van der Waals surface area contributed by atoms with Crippen LogP contribution in [0.5, 0.6) is 5.75 Å². The maximum absolute atomic E-state index is 10.6. The van der Waals surface area contributed by atoms with Gasteiger partial charge in [-0.25, -0.2) is 0 Å². The van der Waals surface area contributed by atoms with Crippen LogP contribution in [0.15, 0.2) is 46.9 Å². The zero-order chi connectivity index (χ0) is 15.2. The number of non-ortho nitro benzene ring substituents is 1. The van der Waals surface area contributed by atoms with E-state index in [1.54, 1.807) is 19.2 Å². The smallest absolute Gasteiger partial charge is 0.269 e. The summed E-state index contributed by atoms with van der Waals surface area (Å²) in [5, 5.41) is 13.9. The van der Waals surface area contributed by atoms with E-state index in [2.05, 4.69) is 21.2 Å². The van der Waals surface area contributed by atoms with Gasteiger partial charge in [-0.2, -0.15) is 0 Å². The van der Waals surface area contributed by atoms with E-state index in [4.69, 9.17) is 4.74 Å². The first-order valence-electron chi connectivity index (χ1n) is 6.41. The highest BCUT2D eigenvalue weighted by molar-refractivity contribution is 9.10. The number of hydrogen-bond donors (Lipinski definition) is 1. The number of methoxy groups -OCH3 is 1. The Kier molecular flexibility index (Phi) is 5.16. The van der Waals surface area contributed by atoms with Crippen LogP contribution in [-0.2, 0) is 6.42 Å². The van der Waals surface area contributed by atoms with Crippen LogP contribution in [0.1, 0.15) is 5.56 Å². The number of rotatable bonds is 6. The fraction of sp³-hybridized carbons (Fsp3) is 0.200. The molecule has 0 spiro atoms.